The van der Waals surface area contributed by atoms with Crippen LogP contribution in [0, 0.1) is 0 Å². The number of hydrogen-bond donors (Lipinski definition) is 2. The Morgan fingerprint density at radius 3 is 2.73 bits per heavy atom. The van der Waals surface area contributed by atoms with Gasteiger partial charge in [-0.15, -0.1) is 5.10 Å². The minimum atomic E-state index is -4.64. The van der Waals surface area contributed by atoms with Crippen molar-refractivity contribution in [3.05, 3.63) is 35.8 Å². The molecule has 11 heteroatoms. The van der Waals surface area contributed by atoms with Crippen LogP contribution in [0.1, 0.15) is 23.5 Å². The summed E-state index contributed by atoms with van der Waals surface area (Å²) in [6.45, 7) is 0. The van der Waals surface area contributed by atoms with Crippen molar-refractivity contribution in [2.24, 2.45) is 0 Å². The summed E-state index contributed by atoms with van der Waals surface area (Å²) >= 11 is 0. The maximum atomic E-state index is 12.9. The number of H-pyrrole nitrogens is 2. The molecule has 0 saturated heterocycles. The number of nitrogens with one attached hydrogen (secondary N) is 2. The number of halogens is 3. The fraction of sp³-hybridized carbons (Fsp3) is 0.267. The number of aryl methyl sites for hydroxylation is 2. The first-order valence-corrected chi connectivity index (χ1v) is 7.90. The van der Waals surface area contributed by atoms with Gasteiger partial charge in [-0.25, -0.2) is 19.9 Å². The molecular weight excluding hydrogens is 349 g/mol. The van der Waals surface area contributed by atoms with E-state index in [1.165, 1.54) is 6.33 Å². The van der Waals surface area contributed by atoms with Crippen molar-refractivity contribution in [3.8, 4) is 22.9 Å². The van der Waals surface area contributed by atoms with Crippen molar-refractivity contribution < 1.29 is 13.2 Å². The van der Waals surface area contributed by atoms with E-state index in [2.05, 4.69) is 35.1 Å². The zero-order valence-corrected chi connectivity index (χ0v) is 13.2. The fourth-order valence-electron chi connectivity index (χ4n) is 3.22. The lowest BCUT2D eigenvalue weighted by molar-refractivity contribution is -0.144. The molecule has 1 aliphatic rings. The molecule has 0 saturated carbocycles. The van der Waals surface area contributed by atoms with E-state index in [1.54, 1.807) is 10.6 Å². The Labute approximate surface area is 143 Å². The van der Waals surface area contributed by atoms with Gasteiger partial charge >= 0.3 is 6.18 Å². The summed E-state index contributed by atoms with van der Waals surface area (Å²) in [6, 6.07) is 0. The van der Waals surface area contributed by atoms with Crippen molar-refractivity contribution in [2.75, 3.05) is 0 Å². The molecule has 4 aromatic rings. The van der Waals surface area contributed by atoms with Gasteiger partial charge in [0.1, 0.15) is 11.4 Å². The molecule has 0 aliphatic heterocycles. The number of alkyl halides is 3. The van der Waals surface area contributed by atoms with E-state index >= 15 is 0 Å². The van der Waals surface area contributed by atoms with Crippen LogP contribution < -0.4 is 0 Å². The molecule has 0 amide bonds. The predicted molar refractivity (Wildman–Crippen MR) is 83.0 cm³/mol. The second kappa shape index (κ2) is 5.13. The Morgan fingerprint density at radius 1 is 1.12 bits per heavy atom. The lowest BCUT2D eigenvalue weighted by Crippen LogP contribution is -2.07. The number of aromatic nitrogens is 8. The molecule has 0 bridgehead atoms. The average molecular weight is 360 g/mol. The first-order valence-electron chi connectivity index (χ1n) is 7.90. The predicted octanol–water partition coefficient (Wildman–Crippen LogP) is 2.41. The highest BCUT2D eigenvalue weighted by Gasteiger charge is 2.37. The molecule has 0 spiro atoms. The molecule has 26 heavy (non-hydrogen) atoms. The highest BCUT2D eigenvalue weighted by molar-refractivity contribution is 5.76. The lowest BCUT2D eigenvalue weighted by Gasteiger charge is -2.03. The highest BCUT2D eigenvalue weighted by atomic mass is 19.4. The van der Waals surface area contributed by atoms with Crippen molar-refractivity contribution in [1.29, 1.82) is 0 Å². The number of rotatable bonds is 2. The lowest BCUT2D eigenvalue weighted by atomic mass is 10.2. The summed E-state index contributed by atoms with van der Waals surface area (Å²) in [4.78, 5) is 19.5. The van der Waals surface area contributed by atoms with Crippen LogP contribution in [0.2, 0.25) is 0 Å². The van der Waals surface area contributed by atoms with Gasteiger partial charge in [-0.05, 0) is 24.8 Å². The molecule has 8 nitrogen and oxygen atoms in total. The molecule has 0 fully saturated rings. The van der Waals surface area contributed by atoms with E-state index in [1.807, 2.05) is 6.20 Å². The quantitative estimate of drug-likeness (QED) is 0.572. The zero-order chi connectivity index (χ0) is 17.9. The fourth-order valence-corrected chi connectivity index (χ4v) is 3.22. The maximum Gasteiger partial charge on any atom is 0.453 e. The molecule has 0 atom stereocenters. The summed E-state index contributed by atoms with van der Waals surface area (Å²) in [7, 11) is 0. The minimum absolute atomic E-state index is 0.0763. The van der Waals surface area contributed by atoms with E-state index < -0.39 is 12.0 Å². The first-order chi connectivity index (χ1) is 12.5. The molecule has 2 N–H and O–H groups in total. The van der Waals surface area contributed by atoms with Gasteiger partial charge in [0, 0.05) is 11.9 Å². The molecule has 0 unspecified atom stereocenters. The Kier molecular flexibility index (Phi) is 2.97. The average Bonchev–Trinajstić information content (AvgIpc) is 3.34. The Balaban J connectivity index is 1.77. The molecule has 1 aliphatic carbocycles. The van der Waals surface area contributed by atoms with E-state index in [0.717, 1.165) is 30.5 Å². The zero-order valence-electron chi connectivity index (χ0n) is 13.2. The summed E-state index contributed by atoms with van der Waals surface area (Å²) in [5.41, 5.74) is 3.43. The van der Waals surface area contributed by atoms with Crippen LogP contribution in [0.3, 0.4) is 0 Å². The van der Waals surface area contributed by atoms with E-state index in [-0.39, 0.29) is 11.5 Å². The largest absolute Gasteiger partial charge is 0.453 e. The Bertz CT molecular complexity index is 1110. The van der Waals surface area contributed by atoms with Crippen LogP contribution in [0.15, 0.2) is 18.7 Å². The van der Waals surface area contributed by atoms with Crippen molar-refractivity contribution in [3.63, 3.8) is 0 Å². The molecule has 132 valence electrons. The number of fused-ring (bicyclic) bond motifs is 2. The van der Waals surface area contributed by atoms with Crippen molar-refractivity contribution >= 4 is 5.78 Å². The summed E-state index contributed by atoms with van der Waals surface area (Å²) < 4.78 is 40.3. The first kappa shape index (κ1) is 15.0. The molecule has 0 aromatic carbocycles. The third-order valence-electron chi connectivity index (χ3n) is 4.36. The summed E-state index contributed by atoms with van der Waals surface area (Å²) in [5.74, 6) is -0.918. The highest BCUT2D eigenvalue weighted by Crippen LogP contribution is 2.33. The van der Waals surface area contributed by atoms with Gasteiger partial charge in [0.15, 0.2) is 5.82 Å². The van der Waals surface area contributed by atoms with Gasteiger partial charge in [0.2, 0.25) is 5.78 Å². The van der Waals surface area contributed by atoms with Crippen molar-refractivity contribution in [2.45, 2.75) is 25.4 Å². The monoisotopic (exact) mass is 360 g/mol. The van der Waals surface area contributed by atoms with Gasteiger partial charge in [-0.2, -0.15) is 13.2 Å². The van der Waals surface area contributed by atoms with Crippen LogP contribution in [-0.4, -0.2) is 39.5 Å². The van der Waals surface area contributed by atoms with Crippen molar-refractivity contribution in [1.82, 2.24) is 39.5 Å². The van der Waals surface area contributed by atoms with E-state index in [9.17, 15) is 13.2 Å². The Morgan fingerprint density at radius 2 is 2.00 bits per heavy atom. The standard InChI is InChI=1S/C15H11F3N8/c16-15(17,18)13-23-12(24-25-13)10-11(9-4-19-6-20-9)26-5-7-2-1-3-8(7)21-14(26)22-10/h4-6H,1-3H2,(H,19,20)(H,23,24,25). The minimum Gasteiger partial charge on any atom is -0.343 e. The molecule has 4 aromatic heterocycles. The van der Waals surface area contributed by atoms with E-state index in [4.69, 9.17) is 0 Å². The maximum absolute atomic E-state index is 12.9. The number of nitrogens with zero attached hydrogens (tertiary/aromatic N) is 6. The van der Waals surface area contributed by atoms with Gasteiger partial charge in [-0.1, -0.05) is 0 Å². The van der Waals surface area contributed by atoms with Crippen LogP contribution in [0.4, 0.5) is 13.2 Å². The molecule has 5 rings (SSSR count). The summed E-state index contributed by atoms with van der Waals surface area (Å²) in [6.07, 6.45) is 3.16. The normalized spacial score (nSPS) is 14.3. The molecular formula is C15H11F3N8. The van der Waals surface area contributed by atoms with Gasteiger partial charge in [0.05, 0.1) is 18.2 Å². The molecule has 0 radical (unpaired) electrons. The smallest absolute Gasteiger partial charge is 0.343 e. The van der Waals surface area contributed by atoms with Gasteiger partial charge < -0.3 is 4.98 Å². The molecule has 4 heterocycles. The van der Waals surface area contributed by atoms with Crippen LogP contribution in [-0.2, 0) is 19.0 Å². The number of hydrogen-bond acceptors (Lipinski definition) is 5. The van der Waals surface area contributed by atoms with Crippen LogP contribution in [0.5, 0.6) is 0 Å². The number of aromatic amines is 2. The summed E-state index contributed by atoms with van der Waals surface area (Å²) in [5, 5.41) is 5.59. The van der Waals surface area contributed by atoms with Crippen LogP contribution in [0.25, 0.3) is 28.7 Å². The Hall–Kier alpha value is -3.24. The number of imidazole rings is 2. The SMILES string of the molecule is FC(F)(F)c1n[nH]c(-c2nc3nc4c(cn3c2-c2cnc[nH]2)CCC4)n1. The van der Waals surface area contributed by atoms with Crippen LogP contribution >= 0.6 is 0 Å². The topological polar surface area (TPSA) is 100 Å². The van der Waals surface area contributed by atoms with E-state index in [0.29, 0.717) is 17.2 Å². The third kappa shape index (κ3) is 2.20. The second-order valence-corrected chi connectivity index (χ2v) is 6.02. The van der Waals surface area contributed by atoms with Gasteiger partial charge in [-0.3, -0.25) is 9.50 Å². The second-order valence-electron chi connectivity index (χ2n) is 6.02. The van der Waals surface area contributed by atoms with Gasteiger partial charge in [0.25, 0.3) is 5.82 Å². The third-order valence-corrected chi connectivity index (χ3v) is 4.36.